The molecule has 1 heterocycles. The molecule has 21 heavy (non-hydrogen) atoms. The summed E-state index contributed by atoms with van der Waals surface area (Å²) in [5, 5.41) is 0. The molecule has 4 nitrogen and oxygen atoms in total. The number of carbonyl (C=O) groups is 1. The Morgan fingerprint density at radius 1 is 1.29 bits per heavy atom. The van der Waals surface area contributed by atoms with Crippen LogP contribution in [0.4, 0.5) is 0 Å². The summed E-state index contributed by atoms with van der Waals surface area (Å²) in [6.07, 6.45) is 6.29. The highest BCUT2D eigenvalue weighted by Gasteiger charge is 2.62. The van der Waals surface area contributed by atoms with Crippen molar-refractivity contribution in [3.8, 4) is 0 Å². The zero-order chi connectivity index (χ0) is 14.7. The molecule has 1 saturated heterocycles. The number of hydrogen-bond donors (Lipinski definition) is 0. The molecule has 1 aliphatic heterocycles. The number of ether oxygens (including phenoxy) is 3. The van der Waals surface area contributed by atoms with Crippen molar-refractivity contribution in [3.05, 3.63) is 12.2 Å². The minimum atomic E-state index is -0.352. The molecule has 4 heteroatoms. The van der Waals surface area contributed by atoms with Gasteiger partial charge in [0, 0.05) is 25.2 Å². The first-order valence-corrected chi connectivity index (χ1v) is 8.19. The first-order chi connectivity index (χ1) is 10.0. The van der Waals surface area contributed by atoms with E-state index in [1.165, 1.54) is 13.3 Å². The molecular weight excluding hydrogens is 268 g/mol. The zero-order valence-electron chi connectivity index (χ0n) is 12.7. The average molecular weight is 292 g/mol. The second kappa shape index (κ2) is 4.56. The molecule has 0 aromatic carbocycles. The molecule has 5 aliphatic rings. The van der Waals surface area contributed by atoms with Crippen molar-refractivity contribution in [2.75, 3.05) is 13.2 Å². The molecule has 2 spiro atoms. The van der Waals surface area contributed by atoms with Crippen molar-refractivity contribution >= 4 is 5.97 Å². The maximum absolute atomic E-state index is 11.5. The van der Waals surface area contributed by atoms with Gasteiger partial charge in [-0.05, 0) is 43.1 Å². The van der Waals surface area contributed by atoms with E-state index in [1.807, 2.05) is 0 Å². The van der Waals surface area contributed by atoms with Crippen LogP contribution >= 0.6 is 0 Å². The summed E-state index contributed by atoms with van der Waals surface area (Å²) in [7, 11) is 0. The Bertz CT molecular complexity index is 479. The lowest BCUT2D eigenvalue weighted by Gasteiger charge is -2.61. The summed E-state index contributed by atoms with van der Waals surface area (Å²) in [5.41, 5.74) is 1.23. The van der Waals surface area contributed by atoms with E-state index in [2.05, 4.69) is 6.58 Å². The summed E-state index contributed by atoms with van der Waals surface area (Å²) >= 11 is 0. The molecule has 2 bridgehead atoms. The van der Waals surface area contributed by atoms with E-state index in [1.54, 1.807) is 0 Å². The number of fused-ring (bicyclic) bond motifs is 2. The minimum Gasteiger partial charge on any atom is -0.457 e. The normalized spacial score (nSPS) is 43.9. The number of esters is 1. The van der Waals surface area contributed by atoms with Crippen molar-refractivity contribution in [2.45, 2.75) is 57.3 Å². The number of carbonyl (C=O) groups excluding carboxylic acids is 1. The molecule has 0 aromatic rings. The van der Waals surface area contributed by atoms with Crippen molar-refractivity contribution in [2.24, 2.45) is 17.3 Å². The van der Waals surface area contributed by atoms with E-state index in [4.69, 9.17) is 14.2 Å². The van der Waals surface area contributed by atoms with Gasteiger partial charge >= 0.3 is 5.97 Å². The van der Waals surface area contributed by atoms with E-state index < -0.39 is 0 Å². The van der Waals surface area contributed by atoms with Crippen LogP contribution in [-0.4, -0.2) is 31.1 Å². The van der Waals surface area contributed by atoms with Crippen molar-refractivity contribution in [1.29, 1.82) is 0 Å². The minimum absolute atomic E-state index is 0.0814. The highest BCUT2D eigenvalue weighted by molar-refractivity contribution is 5.66. The monoisotopic (exact) mass is 292 g/mol. The van der Waals surface area contributed by atoms with Gasteiger partial charge in [0.15, 0.2) is 5.79 Å². The van der Waals surface area contributed by atoms with Gasteiger partial charge in [-0.1, -0.05) is 6.58 Å². The van der Waals surface area contributed by atoms with Gasteiger partial charge in [0.1, 0.15) is 6.10 Å². The average Bonchev–Trinajstić information content (AvgIpc) is 2.90. The lowest BCUT2D eigenvalue weighted by Crippen LogP contribution is -2.59. The molecule has 0 amide bonds. The second-order valence-corrected chi connectivity index (χ2v) is 7.28. The Labute approximate surface area is 125 Å². The molecule has 0 N–H and O–H groups in total. The fourth-order valence-electron chi connectivity index (χ4n) is 5.37. The first kappa shape index (κ1) is 13.8. The summed E-state index contributed by atoms with van der Waals surface area (Å²) in [6, 6.07) is 0. The quantitative estimate of drug-likeness (QED) is 0.550. The molecule has 4 atom stereocenters. The van der Waals surface area contributed by atoms with Gasteiger partial charge in [-0.3, -0.25) is 4.79 Å². The lowest BCUT2D eigenvalue weighted by molar-refractivity contribution is -0.237. The van der Waals surface area contributed by atoms with Crippen LogP contribution in [0.5, 0.6) is 0 Å². The third-order valence-electron chi connectivity index (χ3n) is 6.35. The largest absolute Gasteiger partial charge is 0.457 e. The van der Waals surface area contributed by atoms with Gasteiger partial charge in [0.05, 0.1) is 13.2 Å². The topological polar surface area (TPSA) is 44.8 Å². The third kappa shape index (κ3) is 1.92. The predicted octanol–water partition coefficient (Wildman–Crippen LogP) is 2.82. The Balaban J connectivity index is 1.64. The fraction of sp³-hybridized carbons (Fsp3) is 0.824. The molecule has 0 aromatic heterocycles. The predicted molar refractivity (Wildman–Crippen MR) is 76.4 cm³/mol. The Hall–Kier alpha value is -0.870. The van der Waals surface area contributed by atoms with E-state index >= 15 is 0 Å². The summed E-state index contributed by atoms with van der Waals surface area (Å²) < 4.78 is 17.6. The van der Waals surface area contributed by atoms with Crippen LogP contribution in [0.15, 0.2) is 12.2 Å². The zero-order valence-corrected chi connectivity index (χ0v) is 12.7. The summed E-state index contributed by atoms with van der Waals surface area (Å²) in [6.45, 7) is 7.20. The molecule has 5 rings (SSSR count). The van der Waals surface area contributed by atoms with Gasteiger partial charge in [-0.25, -0.2) is 0 Å². The summed E-state index contributed by atoms with van der Waals surface area (Å²) in [5.74, 6) is 0.487. The molecular formula is C17H24O4. The standard InChI is InChI=1S/C17H24O4/c1-11-13-3-4-16(15(11)21-12(2)18)5-6-17(10-14(16)9-13)19-7-8-20-17/h13-15H,1,3-10H2,2H3/t13-,14-,15?,16-/m0/s1. The van der Waals surface area contributed by atoms with Crippen LogP contribution in [-0.2, 0) is 19.0 Å². The van der Waals surface area contributed by atoms with E-state index in [0.29, 0.717) is 25.0 Å². The van der Waals surface area contributed by atoms with E-state index in [0.717, 1.165) is 37.7 Å². The molecule has 116 valence electrons. The van der Waals surface area contributed by atoms with Crippen molar-refractivity contribution in [3.63, 3.8) is 0 Å². The number of hydrogen-bond acceptors (Lipinski definition) is 4. The van der Waals surface area contributed by atoms with Crippen LogP contribution in [0.2, 0.25) is 0 Å². The highest BCUT2D eigenvalue weighted by atomic mass is 16.7. The Kier molecular flexibility index (Phi) is 2.99. The molecule has 0 radical (unpaired) electrons. The van der Waals surface area contributed by atoms with Crippen LogP contribution < -0.4 is 0 Å². The van der Waals surface area contributed by atoms with Crippen molar-refractivity contribution < 1.29 is 19.0 Å². The summed E-state index contributed by atoms with van der Waals surface area (Å²) in [4.78, 5) is 11.5. The van der Waals surface area contributed by atoms with Gasteiger partial charge < -0.3 is 14.2 Å². The van der Waals surface area contributed by atoms with Crippen LogP contribution in [0.1, 0.15) is 45.4 Å². The van der Waals surface area contributed by atoms with Gasteiger partial charge in [0.25, 0.3) is 0 Å². The Morgan fingerprint density at radius 2 is 2.05 bits per heavy atom. The third-order valence-corrected chi connectivity index (χ3v) is 6.35. The SMILES string of the molecule is C=C1C(OC(C)=O)[C@]23CC[C@H]1C[C@H]2CC1(CC3)OCCO1. The molecule has 4 saturated carbocycles. The molecule has 1 unspecified atom stereocenters. The number of rotatable bonds is 1. The molecule has 4 aliphatic carbocycles. The van der Waals surface area contributed by atoms with Gasteiger partial charge in [0.2, 0.25) is 0 Å². The smallest absolute Gasteiger partial charge is 0.303 e. The first-order valence-electron chi connectivity index (χ1n) is 8.19. The van der Waals surface area contributed by atoms with Crippen LogP contribution in [0, 0.1) is 17.3 Å². The van der Waals surface area contributed by atoms with Crippen LogP contribution in [0.3, 0.4) is 0 Å². The van der Waals surface area contributed by atoms with Gasteiger partial charge in [-0.15, -0.1) is 0 Å². The van der Waals surface area contributed by atoms with E-state index in [9.17, 15) is 4.79 Å². The highest BCUT2D eigenvalue weighted by Crippen LogP contribution is 2.64. The Morgan fingerprint density at radius 3 is 2.76 bits per heavy atom. The van der Waals surface area contributed by atoms with E-state index in [-0.39, 0.29) is 23.3 Å². The van der Waals surface area contributed by atoms with Gasteiger partial charge in [-0.2, -0.15) is 0 Å². The van der Waals surface area contributed by atoms with Crippen LogP contribution in [0.25, 0.3) is 0 Å². The van der Waals surface area contributed by atoms with Crippen molar-refractivity contribution in [1.82, 2.24) is 0 Å². The molecule has 5 fully saturated rings. The lowest BCUT2D eigenvalue weighted by atomic mass is 9.47. The maximum atomic E-state index is 11.5. The fourth-order valence-corrected chi connectivity index (χ4v) is 5.37. The second-order valence-electron chi connectivity index (χ2n) is 7.28. The maximum Gasteiger partial charge on any atom is 0.303 e.